The molecule has 0 spiro atoms. The van der Waals surface area contributed by atoms with Crippen LogP contribution in [0.15, 0.2) is 18.2 Å². The molecule has 1 aliphatic heterocycles. The largest absolute Gasteiger partial charge is 0.465 e. The topological polar surface area (TPSA) is 86.3 Å². The third-order valence-corrected chi connectivity index (χ3v) is 5.11. The lowest BCUT2D eigenvalue weighted by molar-refractivity contribution is 0.0852. The molecular weight excluding hydrogens is 342 g/mol. The van der Waals surface area contributed by atoms with Crippen LogP contribution in [0.2, 0.25) is 0 Å². The van der Waals surface area contributed by atoms with Gasteiger partial charge in [-0.15, -0.1) is 11.6 Å². The molecular formula is C18H22ClN3O3. The molecule has 1 saturated heterocycles. The summed E-state index contributed by atoms with van der Waals surface area (Å²) >= 11 is 5.61. The van der Waals surface area contributed by atoms with Crippen molar-refractivity contribution in [3.63, 3.8) is 0 Å². The second kappa shape index (κ2) is 6.33. The molecule has 2 unspecified atom stereocenters. The van der Waals surface area contributed by atoms with Crippen LogP contribution in [0.25, 0.3) is 11.0 Å². The van der Waals surface area contributed by atoms with Gasteiger partial charge in [0, 0.05) is 11.6 Å². The maximum absolute atomic E-state index is 11.9. The number of halogens is 1. The van der Waals surface area contributed by atoms with Crippen LogP contribution in [0, 0.1) is 5.41 Å². The van der Waals surface area contributed by atoms with Crippen LogP contribution in [-0.2, 0) is 0 Å². The molecule has 0 radical (unpaired) electrons. The summed E-state index contributed by atoms with van der Waals surface area (Å²) in [5.74, 6) is 0.398. The number of hydrogen-bond acceptors (Lipinski definition) is 3. The summed E-state index contributed by atoms with van der Waals surface area (Å²) in [6.45, 7) is 6.16. The van der Waals surface area contributed by atoms with E-state index in [1.807, 2.05) is 0 Å². The number of aromatic nitrogens is 2. The molecule has 1 aliphatic rings. The van der Waals surface area contributed by atoms with Crippen molar-refractivity contribution in [1.82, 2.24) is 14.9 Å². The molecule has 2 aromatic rings. The number of ketones is 1. The summed E-state index contributed by atoms with van der Waals surface area (Å²) in [6.07, 6.45) is 0.593. The highest BCUT2D eigenvalue weighted by atomic mass is 35.5. The van der Waals surface area contributed by atoms with Gasteiger partial charge < -0.3 is 10.1 Å². The normalized spacial score (nSPS) is 21.0. The minimum atomic E-state index is -0.930. The molecule has 134 valence electrons. The number of carboxylic acid groups (broad SMARTS) is 1. The molecule has 0 bridgehead atoms. The maximum Gasteiger partial charge on any atom is 0.408 e. The summed E-state index contributed by atoms with van der Waals surface area (Å²) < 4.78 is 0. The standard InChI is InChI=1S/C18H22ClN3O3/c1-18(2,3)15-7-6-13(22(15)17(24)25)16-20-11-5-4-10(14(23)9-19)8-12(11)21-16/h4-5,8,13,15H,6-7,9H2,1-3H3,(H,20,21)(H,24,25). The van der Waals surface area contributed by atoms with E-state index in [1.165, 1.54) is 4.90 Å². The van der Waals surface area contributed by atoms with Crippen LogP contribution in [0.4, 0.5) is 4.79 Å². The zero-order valence-electron chi connectivity index (χ0n) is 14.5. The van der Waals surface area contributed by atoms with Gasteiger partial charge in [-0.2, -0.15) is 0 Å². The zero-order valence-corrected chi connectivity index (χ0v) is 15.3. The molecule has 2 heterocycles. The van der Waals surface area contributed by atoms with Crippen molar-refractivity contribution in [1.29, 1.82) is 0 Å². The number of alkyl halides is 1. The van der Waals surface area contributed by atoms with Gasteiger partial charge >= 0.3 is 6.09 Å². The highest BCUT2D eigenvalue weighted by molar-refractivity contribution is 6.30. The van der Waals surface area contributed by atoms with Crippen LogP contribution in [0.3, 0.4) is 0 Å². The Morgan fingerprint density at radius 2 is 2.08 bits per heavy atom. The number of benzene rings is 1. The Morgan fingerprint density at radius 3 is 2.68 bits per heavy atom. The number of imidazole rings is 1. The number of Topliss-reactive ketones (excluding diaryl/α,β-unsaturated/α-hetero) is 1. The van der Waals surface area contributed by atoms with E-state index in [0.29, 0.717) is 16.9 Å². The van der Waals surface area contributed by atoms with E-state index in [4.69, 9.17) is 11.6 Å². The van der Waals surface area contributed by atoms with E-state index in [0.717, 1.165) is 18.4 Å². The number of hydrogen-bond donors (Lipinski definition) is 2. The van der Waals surface area contributed by atoms with Crippen molar-refractivity contribution >= 4 is 34.5 Å². The predicted octanol–water partition coefficient (Wildman–Crippen LogP) is 4.21. The van der Waals surface area contributed by atoms with Gasteiger partial charge in [0.15, 0.2) is 5.78 Å². The van der Waals surface area contributed by atoms with Gasteiger partial charge in [-0.05, 0) is 36.5 Å². The van der Waals surface area contributed by atoms with Gasteiger partial charge in [0.25, 0.3) is 0 Å². The summed E-state index contributed by atoms with van der Waals surface area (Å²) in [5.41, 5.74) is 1.81. The predicted molar refractivity (Wildman–Crippen MR) is 96.2 cm³/mol. The molecule has 1 aromatic carbocycles. The van der Waals surface area contributed by atoms with Crippen molar-refractivity contribution in [3.8, 4) is 0 Å². The first-order chi connectivity index (χ1) is 11.7. The SMILES string of the molecule is CC(C)(C)C1CCC(c2nc3ccc(C(=O)CCl)cc3[nH]2)N1C(=O)O. The second-order valence-electron chi connectivity index (χ2n) is 7.58. The molecule has 0 aliphatic carbocycles. The van der Waals surface area contributed by atoms with Crippen molar-refractivity contribution < 1.29 is 14.7 Å². The summed E-state index contributed by atoms with van der Waals surface area (Å²) in [6, 6.07) is 4.81. The fraction of sp³-hybridized carbons (Fsp3) is 0.500. The average molecular weight is 364 g/mol. The number of carbonyl (C=O) groups is 2. The number of H-pyrrole nitrogens is 1. The van der Waals surface area contributed by atoms with Gasteiger partial charge in [-0.25, -0.2) is 9.78 Å². The molecule has 1 aromatic heterocycles. The Hall–Kier alpha value is -2.08. The van der Waals surface area contributed by atoms with E-state index in [1.54, 1.807) is 18.2 Å². The van der Waals surface area contributed by atoms with Crippen LogP contribution in [0.5, 0.6) is 0 Å². The lowest BCUT2D eigenvalue weighted by atomic mass is 9.85. The molecule has 1 amide bonds. The number of amides is 1. The Labute approximate surface area is 151 Å². The van der Waals surface area contributed by atoms with E-state index in [2.05, 4.69) is 30.7 Å². The molecule has 25 heavy (non-hydrogen) atoms. The summed E-state index contributed by atoms with van der Waals surface area (Å²) in [4.78, 5) is 32.9. The summed E-state index contributed by atoms with van der Waals surface area (Å²) in [5, 5.41) is 9.73. The number of rotatable bonds is 3. The minimum Gasteiger partial charge on any atom is -0.465 e. The van der Waals surface area contributed by atoms with E-state index >= 15 is 0 Å². The molecule has 2 atom stereocenters. The fourth-order valence-corrected chi connectivity index (χ4v) is 3.79. The fourth-order valence-electron chi connectivity index (χ4n) is 3.63. The van der Waals surface area contributed by atoms with E-state index in [9.17, 15) is 14.7 Å². The molecule has 0 saturated carbocycles. The van der Waals surface area contributed by atoms with Crippen LogP contribution in [-0.4, -0.2) is 43.8 Å². The van der Waals surface area contributed by atoms with Gasteiger partial charge in [0.05, 0.1) is 23.0 Å². The quantitative estimate of drug-likeness (QED) is 0.631. The number of aromatic amines is 1. The van der Waals surface area contributed by atoms with Crippen LogP contribution >= 0.6 is 11.6 Å². The molecule has 7 heteroatoms. The van der Waals surface area contributed by atoms with Gasteiger partial charge in [-0.3, -0.25) is 9.69 Å². The molecule has 2 N–H and O–H groups in total. The highest BCUT2D eigenvalue weighted by Crippen LogP contribution is 2.42. The Morgan fingerprint density at radius 1 is 1.36 bits per heavy atom. The first-order valence-corrected chi connectivity index (χ1v) is 8.86. The zero-order chi connectivity index (χ0) is 18.4. The number of nitrogens with one attached hydrogen (secondary N) is 1. The Bertz CT molecular complexity index is 825. The number of carbonyl (C=O) groups excluding carboxylic acids is 1. The summed E-state index contributed by atoms with van der Waals surface area (Å²) in [7, 11) is 0. The molecule has 6 nitrogen and oxygen atoms in total. The average Bonchev–Trinajstić information content (AvgIpc) is 3.16. The highest BCUT2D eigenvalue weighted by Gasteiger charge is 2.44. The van der Waals surface area contributed by atoms with Crippen LogP contribution < -0.4 is 0 Å². The number of nitrogens with zero attached hydrogens (tertiary/aromatic N) is 2. The van der Waals surface area contributed by atoms with Gasteiger partial charge in [0.2, 0.25) is 0 Å². The Kier molecular flexibility index (Phi) is 4.49. The van der Waals surface area contributed by atoms with E-state index < -0.39 is 6.09 Å². The smallest absolute Gasteiger partial charge is 0.408 e. The van der Waals surface area contributed by atoms with Crippen LogP contribution in [0.1, 0.15) is 55.8 Å². The third-order valence-electron chi connectivity index (χ3n) is 4.86. The monoisotopic (exact) mass is 363 g/mol. The van der Waals surface area contributed by atoms with Gasteiger partial charge in [-0.1, -0.05) is 20.8 Å². The molecule has 1 fully saturated rings. The first-order valence-electron chi connectivity index (χ1n) is 8.32. The Balaban J connectivity index is 1.98. The van der Waals surface area contributed by atoms with E-state index in [-0.39, 0.29) is 29.2 Å². The molecule has 3 rings (SSSR count). The lowest BCUT2D eigenvalue weighted by Crippen LogP contribution is -2.43. The lowest BCUT2D eigenvalue weighted by Gasteiger charge is -2.35. The number of fused-ring (bicyclic) bond motifs is 1. The van der Waals surface area contributed by atoms with Crippen molar-refractivity contribution in [2.45, 2.75) is 45.7 Å². The van der Waals surface area contributed by atoms with Gasteiger partial charge in [0.1, 0.15) is 5.82 Å². The van der Waals surface area contributed by atoms with Crippen molar-refractivity contribution in [2.24, 2.45) is 5.41 Å². The van der Waals surface area contributed by atoms with Crippen molar-refractivity contribution in [2.75, 3.05) is 5.88 Å². The third kappa shape index (κ3) is 3.23. The maximum atomic E-state index is 11.9. The first kappa shape index (κ1) is 17.7. The second-order valence-corrected chi connectivity index (χ2v) is 7.84. The minimum absolute atomic E-state index is 0.0587. The number of likely N-dealkylation sites (tertiary alicyclic amines) is 1. The van der Waals surface area contributed by atoms with Crippen molar-refractivity contribution in [3.05, 3.63) is 29.6 Å².